The van der Waals surface area contributed by atoms with Crippen molar-refractivity contribution >= 4 is 23.4 Å². The minimum Gasteiger partial charge on any atom is -0.378 e. The molecule has 1 aliphatic heterocycles. The molecule has 120 valence electrons. The van der Waals surface area contributed by atoms with Gasteiger partial charge in [0.1, 0.15) is 0 Å². The first-order valence-corrected chi connectivity index (χ1v) is 7.67. The largest absolute Gasteiger partial charge is 0.378 e. The third-order valence-corrected chi connectivity index (χ3v) is 4.20. The fraction of sp³-hybridized carbons (Fsp3) is 0.500. The van der Waals surface area contributed by atoms with Crippen molar-refractivity contribution in [1.29, 1.82) is 0 Å². The van der Waals surface area contributed by atoms with E-state index in [0.717, 1.165) is 5.56 Å². The molecule has 0 spiro atoms. The van der Waals surface area contributed by atoms with Gasteiger partial charge in [-0.15, -0.1) is 0 Å². The molecule has 2 amide bonds. The maximum atomic E-state index is 12.6. The first-order valence-electron chi connectivity index (χ1n) is 7.30. The summed E-state index contributed by atoms with van der Waals surface area (Å²) in [6.45, 7) is 2.46. The van der Waals surface area contributed by atoms with Gasteiger partial charge in [0, 0.05) is 32.1 Å². The van der Waals surface area contributed by atoms with Crippen LogP contribution in [0, 0.1) is 0 Å². The fourth-order valence-electron chi connectivity index (χ4n) is 2.82. The van der Waals surface area contributed by atoms with Gasteiger partial charge in [-0.25, -0.2) is 0 Å². The summed E-state index contributed by atoms with van der Waals surface area (Å²) >= 11 is 5.94. The highest BCUT2D eigenvalue weighted by molar-refractivity contribution is 6.30. The van der Waals surface area contributed by atoms with Crippen molar-refractivity contribution < 1.29 is 14.7 Å². The summed E-state index contributed by atoms with van der Waals surface area (Å²) in [5.41, 5.74) is -0.608. The number of carbonyl (C=O) groups excluding carboxylic acids is 2. The van der Waals surface area contributed by atoms with Crippen LogP contribution in [0.4, 0.5) is 0 Å². The predicted molar refractivity (Wildman–Crippen MR) is 84.4 cm³/mol. The normalized spacial score (nSPS) is 21.5. The van der Waals surface area contributed by atoms with Gasteiger partial charge >= 0.3 is 0 Å². The molecular weight excluding hydrogens is 304 g/mol. The molecule has 0 aliphatic carbocycles. The number of aliphatic hydroxyl groups is 1. The Morgan fingerprint density at radius 2 is 2.18 bits per heavy atom. The molecule has 1 saturated heterocycles. The maximum Gasteiger partial charge on any atom is 0.256 e. The van der Waals surface area contributed by atoms with Crippen LogP contribution in [0.2, 0.25) is 5.02 Å². The summed E-state index contributed by atoms with van der Waals surface area (Å²) in [5.74, 6) is -0.484. The molecule has 0 saturated carbocycles. The predicted octanol–water partition coefficient (Wildman–Crippen LogP) is 1.67. The van der Waals surface area contributed by atoms with Crippen LogP contribution in [0.15, 0.2) is 24.3 Å². The van der Waals surface area contributed by atoms with Crippen molar-refractivity contribution in [3.63, 3.8) is 0 Å². The summed E-state index contributed by atoms with van der Waals surface area (Å²) in [6, 6.07) is 7.26. The molecule has 1 aliphatic rings. The highest BCUT2D eigenvalue weighted by Crippen LogP contribution is 2.24. The highest BCUT2D eigenvalue weighted by Gasteiger charge is 2.42. The summed E-state index contributed by atoms with van der Waals surface area (Å²) < 4.78 is 0. The van der Waals surface area contributed by atoms with Crippen LogP contribution in [0.3, 0.4) is 0 Å². The summed E-state index contributed by atoms with van der Waals surface area (Å²) in [6.07, 6.45) is 0.988. The van der Waals surface area contributed by atoms with Crippen LogP contribution in [0.25, 0.3) is 0 Å². The Morgan fingerprint density at radius 1 is 1.45 bits per heavy atom. The Kier molecular flexibility index (Phi) is 5.08. The smallest absolute Gasteiger partial charge is 0.256 e. The number of amides is 2. The maximum absolute atomic E-state index is 12.6. The van der Waals surface area contributed by atoms with E-state index in [1.165, 1.54) is 16.7 Å². The molecule has 0 unspecified atom stereocenters. The lowest BCUT2D eigenvalue weighted by molar-refractivity contribution is -0.159. The first kappa shape index (κ1) is 16.8. The lowest BCUT2D eigenvalue weighted by atomic mass is 9.91. The van der Waals surface area contributed by atoms with E-state index in [1.807, 2.05) is 12.1 Å². The van der Waals surface area contributed by atoms with Crippen LogP contribution in [0.1, 0.15) is 25.3 Å². The number of piperidine rings is 1. The van der Waals surface area contributed by atoms with E-state index < -0.39 is 5.60 Å². The molecule has 5 nitrogen and oxygen atoms in total. The number of benzene rings is 1. The lowest BCUT2D eigenvalue weighted by Crippen LogP contribution is -2.58. The molecule has 0 bridgehead atoms. The number of hydrogen-bond acceptors (Lipinski definition) is 3. The second kappa shape index (κ2) is 6.67. The molecule has 22 heavy (non-hydrogen) atoms. The lowest BCUT2D eigenvalue weighted by Gasteiger charge is -2.39. The van der Waals surface area contributed by atoms with Gasteiger partial charge in [-0.2, -0.15) is 0 Å². The standard InChI is InChI=1S/C16H21ClN2O3/c1-12(20)19-8-4-7-16(22,11-19)15(21)18(2)10-13-5-3-6-14(17)9-13/h3,5-6,9,22H,4,7-8,10-11H2,1-2H3/t16-/m0/s1. The van der Waals surface area contributed by atoms with Crippen LogP contribution in [0.5, 0.6) is 0 Å². The first-order chi connectivity index (χ1) is 10.3. The van der Waals surface area contributed by atoms with Crippen molar-refractivity contribution in [2.45, 2.75) is 31.9 Å². The van der Waals surface area contributed by atoms with E-state index in [1.54, 1.807) is 19.2 Å². The Labute approximate surface area is 135 Å². The van der Waals surface area contributed by atoms with Crippen LogP contribution >= 0.6 is 11.6 Å². The summed E-state index contributed by atoms with van der Waals surface area (Å²) in [5, 5.41) is 11.3. The number of carbonyl (C=O) groups is 2. The fourth-order valence-corrected chi connectivity index (χ4v) is 3.03. The Bertz CT molecular complexity index is 578. The van der Waals surface area contributed by atoms with Gasteiger partial charge in [-0.05, 0) is 30.5 Å². The Morgan fingerprint density at radius 3 is 2.82 bits per heavy atom. The average molecular weight is 325 g/mol. The number of rotatable bonds is 3. The molecule has 1 N–H and O–H groups in total. The number of likely N-dealkylation sites (N-methyl/N-ethyl adjacent to an activating group) is 1. The number of β-amino-alcohol motifs (C(OH)–C–C–N with tert-alkyl or cyclic N) is 1. The van der Waals surface area contributed by atoms with Gasteiger partial charge in [0.05, 0.1) is 6.54 Å². The molecule has 6 heteroatoms. The molecule has 2 rings (SSSR count). The van der Waals surface area contributed by atoms with Gasteiger partial charge < -0.3 is 14.9 Å². The van der Waals surface area contributed by atoms with Gasteiger partial charge in [0.25, 0.3) is 5.91 Å². The van der Waals surface area contributed by atoms with Gasteiger partial charge in [0.15, 0.2) is 5.60 Å². The molecule has 1 aromatic carbocycles. The second-order valence-corrected chi connectivity index (χ2v) is 6.30. The van der Waals surface area contributed by atoms with E-state index in [2.05, 4.69) is 0 Å². The van der Waals surface area contributed by atoms with E-state index in [0.29, 0.717) is 31.0 Å². The van der Waals surface area contributed by atoms with Gasteiger partial charge in [0.2, 0.25) is 5.91 Å². The van der Waals surface area contributed by atoms with E-state index >= 15 is 0 Å². The topological polar surface area (TPSA) is 60.9 Å². The van der Waals surface area contributed by atoms with Crippen molar-refractivity contribution in [1.82, 2.24) is 9.80 Å². The number of nitrogens with zero attached hydrogens (tertiary/aromatic N) is 2. The number of likely N-dealkylation sites (tertiary alicyclic amines) is 1. The molecule has 0 radical (unpaired) electrons. The van der Waals surface area contributed by atoms with E-state index in [9.17, 15) is 14.7 Å². The molecule has 1 fully saturated rings. The Hall–Kier alpha value is -1.59. The Balaban J connectivity index is 2.07. The van der Waals surface area contributed by atoms with Crippen LogP contribution in [-0.2, 0) is 16.1 Å². The molecule has 1 atom stereocenters. The zero-order valence-electron chi connectivity index (χ0n) is 12.9. The zero-order valence-corrected chi connectivity index (χ0v) is 13.6. The molecule has 1 heterocycles. The van der Waals surface area contributed by atoms with Crippen molar-refractivity contribution in [3.8, 4) is 0 Å². The van der Waals surface area contributed by atoms with Crippen molar-refractivity contribution in [3.05, 3.63) is 34.9 Å². The van der Waals surface area contributed by atoms with Gasteiger partial charge in [-0.1, -0.05) is 23.7 Å². The minimum absolute atomic E-state index is 0.0566. The van der Waals surface area contributed by atoms with E-state index in [-0.39, 0.29) is 18.4 Å². The highest BCUT2D eigenvalue weighted by atomic mass is 35.5. The average Bonchev–Trinajstić information content (AvgIpc) is 2.46. The minimum atomic E-state index is -1.50. The molecule has 1 aromatic rings. The van der Waals surface area contributed by atoms with Crippen LogP contribution in [-0.4, -0.2) is 52.5 Å². The van der Waals surface area contributed by atoms with Crippen molar-refractivity contribution in [2.24, 2.45) is 0 Å². The van der Waals surface area contributed by atoms with Gasteiger partial charge in [-0.3, -0.25) is 9.59 Å². The molecule has 0 aromatic heterocycles. The van der Waals surface area contributed by atoms with E-state index in [4.69, 9.17) is 11.6 Å². The summed E-state index contributed by atoms with van der Waals surface area (Å²) in [7, 11) is 1.65. The third-order valence-electron chi connectivity index (χ3n) is 3.97. The third kappa shape index (κ3) is 3.78. The monoisotopic (exact) mass is 324 g/mol. The second-order valence-electron chi connectivity index (χ2n) is 5.87. The summed E-state index contributed by atoms with van der Waals surface area (Å²) in [4.78, 5) is 27.1. The quantitative estimate of drug-likeness (QED) is 0.920. The van der Waals surface area contributed by atoms with Crippen molar-refractivity contribution in [2.75, 3.05) is 20.1 Å². The van der Waals surface area contributed by atoms with Crippen LogP contribution < -0.4 is 0 Å². The SMILES string of the molecule is CC(=O)N1CCC[C@@](O)(C(=O)N(C)Cc2cccc(Cl)c2)C1. The number of hydrogen-bond donors (Lipinski definition) is 1. The molecular formula is C16H21ClN2O3. The zero-order chi connectivity index (χ0) is 16.3. The number of halogens is 1.